The average Bonchev–Trinajstić information content (AvgIpc) is 3.16. The molecule has 0 aliphatic heterocycles. The van der Waals surface area contributed by atoms with E-state index in [0.717, 1.165) is 29.3 Å². The zero-order chi connectivity index (χ0) is 18.8. The number of carbonyl (C=O) groups excluding carboxylic acids is 1. The second kappa shape index (κ2) is 7.60. The summed E-state index contributed by atoms with van der Waals surface area (Å²) in [6.45, 7) is 0.0820. The van der Waals surface area contributed by atoms with Gasteiger partial charge < -0.3 is 4.90 Å². The number of aryl methyl sites for hydroxylation is 1. The molecule has 1 aliphatic carbocycles. The fourth-order valence-electron chi connectivity index (χ4n) is 3.56. The van der Waals surface area contributed by atoms with E-state index < -0.39 is 0 Å². The zero-order valence-corrected chi connectivity index (χ0v) is 16.6. The predicted octanol–water partition coefficient (Wildman–Crippen LogP) is 3.64. The van der Waals surface area contributed by atoms with Gasteiger partial charge in [0.1, 0.15) is 6.54 Å². The van der Waals surface area contributed by atoms with Crippen molar-refractivity contribution in [2.75, 3.05) is 7.05 Å². The minimum absolute atomic E-state index is 0.0172. The highest BCUT2D eigenvalue weighted by atomic mass is 79.9. The van der Waals surface area contributed by atoms with Gasteiger partial charge in [-0.2, -0.15) is 4.80 Å². The van der Waals surface area contributed by atoms with E-state index in [1.165, 1.54) is 15.9 Å². The number of carbonyl (C=O) groups is 1. The van der Waals surface area contributed by atoms with Crippen molar-refractivity contribution < 1.29 is 4.79 Å². The van der Waals surface area contributed by atoms with Gasteiger partial charge in [0.2, 0.25) is 11.7 Å². The van der Waals surface area contributed by atoms with Crippen LogP contribution in [0.3, 0.4) is 0 Å². The van der Waals surface area contributed by atoms with Crippen LogP contribution in [0.2, 0.25) is 0 Å². The highest BCUT2D eigenvalue weighted by Gasteiger charge is 2.26. The normalized spacial score (nSPS) is 16.0. The Kier molecular flexibility index (Phi) is 5.03. The van der Waals surface area contributed by atoms with E-state index >= 15 is 0 Å². The Morgan fingerprint density at radius 1 is 1.22 bits per heavy atom. The molecular weight excluding hydrogens is 406 g/mol. The van der Waals surface area contributed by atoms with E-state index in [9.17, 15) is 4.79 Å². The van der Waals surface area contributed by atoms with Crippen molar-refractivity contribution in [3.05, 3.63) is 64.1 Å². The molecule has 1 aromatic heterocycles. The van der Waals surface area contributed by atoms with Crippen molar-refractivity contribution in [3.63, 3.8) is 0 Å². The summed E-state index contributed by atoms with van der Waals surface area (Å²) in [5.41, 5.74) is 3.46. The summed E-state index contributed by atoms with van der Waals surface area (Å²) in [5, 5.41) is 12.5. The summed E-state index contributed by atoms with van der Waals surface area (Å²) >= 11 is 3.41. The molecule has 0 saturated carbocycles. The molecule has 1 heterocycles. The van der Waals surface area contributed by atoms with Crippen molar-refractivity contribution in [2.45, 2.75) is 31.8 Å². The van der Waals surface area contributed by atoms with Gasteiger partial charge in [-0.25, -0.2) is 0 Å². The Balaban J connectivity index is 1.47. The maximum absolute atomic E-state index is 12.8. The molecule has 138 valence electrons. The molecule has 6 nitrogen and oxygen atoms in total. The number of rotatable bonds is 4. The van der Waals surface area contributed by atoms with Gasteiger partial charge in [0.25, 0.3) is 0 Å². The minimum atomic E-state index is -0.0172. The summed E-state index contributed by atoms with van der Waals surface area (Å²) in [4.78, 5) is 16.0. The Morgan fingerprint density at radius 2 is 2.00 bits per heavy atom. The van der Waals surface area contributed by atoms with Gasteiger partial charge in [0, 0.05) is 17.1 Å². The molecule has 3 aromatic rings. The molecule has 0 fully saturated rings. The van der Waals surface area contributed by atoms with Crippen LogP contribution in [0.5, 0.6) is 0 Å². The smallest absolute Gasteiger partial charge is 0.246 e. The van der Waals surface area contributed by atoms with Gasteiger partial charge in [-0.1, -0.05) is 40.2 Å². The van der Waals surface area contributed by atoms with Gasteiger partial charge in [-0.15, -0.1) is 10.2 Å². The molecule has 7 heteroatoms. The van der Waals surface area contributed by atoms with Gasteiger partial charge in [0.15, 0.2) is 0 Å². The highest BCUT2D eigenvalue weighted by molar-refractivity contribution is 9.10. The lowest BCUT2D eigenvalue weighted by atomic mass is 9.87. The lowest BCUT2D eigenvalue weighted by Crippen LogP contribution is -2.36. The second-order valence-corrected chi connectivity index (χ2v) is 7.68. The number of nitrogens with zero attached hydrogens (tertiary/aromatic N) is 5. The lowest BCUT2D eigenvalue weighted by molar-refractivity contribution is -0.133. The number of likely N-dealkylation sites (N-methyl/N-ethyl adjacent to an activating group) is 1. The molecule has 1 unspecified atom stereocenters. The Morgan fingerprint density at radius 3 is 2.81 bits per heavy atom. The van der Waals surface area contributed by atoms with Crippen LogP contribution in [0.4, 0.5) is 0 Å². The van der Waals surface area contributed by atoms with Crippen LogP contribution in [0.1, 0.15) is 30.0 Å². The van der Waals surface area contributed by atoms with E-state index in [-0.39, 0.29) is 18.5 Å². The topological polar surface area (TPSA) is 63.9 Å². The number of amides is 1. The summed E-state index contributed by atoms with van der Waals surface area (Å²) in [6, 6.07) is 16.2. The number of hydrogen-bond donors (Lipinski definition) is 0. The lowest BCUT2D eigenvalue weighted by Gasteiger charge is -2.33. The molecule has 1 amide bonds. The third-order valence-corrected chi connectivity index (χ3v) is 5.56. The van der Waals surface area contributed by atoms with Crippen LogP contribution in [0, 0.1) is 0 Å². The number of hydrogen-bond acceptors (Lipinski definition) is 4. The van der Waals surface area contributed by atoms with E-state index in [2.05, 4.69) is 49.5 Å². The number of aromatic nitrogens is 4. The van der Waals surface area contributed by atoms with Crippen molar-refractivity contribution in [2.24, 2.45) is 0 Å². The highest BCUT2D eigenvalue weighted by Crippen LogP contribution is 2.33. The summed E-state index contributed by atoms with van der Waals surface area (Å²) in [6.07, 6.45) is 3.15. The van der Waals surface area contributed by atoms with Crippen LogP contribution >= 0.6 is 15.9 Å². The fourth-order valence-corrected chi connectivity index (χ4v) is 3.83. The molecule has 0 bridgehead atoms. The van der Waals surface area contributed by atoms with Crippen LogP contribution < -0.4 is 0 Å². The molecule has 27 heavy (non-hydrogen) atoms. The van der Waals surface area contributed by atoms with Crippen LogP contribution in [-0.4, -0.2) is 38.1 Å². The summed E-state index contributed by atoms with van der Waals surface area (Å²) in [5.74, 6) is 0.498. The van der Waals surface area contributed by atoms with E-state index in [4.69, 9.17) is 0 Å². The molecule has 0 N–H and O–H groups in total. The molecule has 2 aromatic carbocycles. The Labute approximate surface area is 166 Å². The summed E-state index contributed by atoms with van der Waals surface area (Å²) in [7, 11) is 1.86. The first kappa shape index (κ1) is 17.9. The number of fused-ring (bicyclic) bond motifs is 1. The van der Waals surface area contributed by atoms with Crippen molar-refractivity contribution in [1.29, 1.82) is 0 Å². The molecule has 4 rings (SSSR count). The maximum Gasteiger partial charge on any atom is 0.246 e. The first-order valence-electron chi connectivity index (χ1n) is 8.99. The van der Waals surface area contributed by atoms with Crippen LogP contribution in [0.25, 0.3) is 11.4 Å². The molecular formula is C20H20BrN5O. The van der Waals surface area contributed by atoms with Crippen LogP contribution in [0.15, 0.2) is 53.0 Å². The standard InChI is InChI=1S/C20H20BrN5O/c1-25(18-8-4-6-14-5-2-3-7-17(14)18)19(27)13-26-23-20(22-24-26)15-9-11-16(21)12-10-15/h2-3,5,7,9-12,18H,4,6,8,13H2,1H3. The molecule has 1 aliphatic rings. The Hall–Kier alpha value is -2.54. The second-order valence-electron chi connectivity index (χ2n) is 6.76. The quantitative estimate of drug-likeness (QED) is 0.639. The van der Waals surface area contributed by atoms with Crippen molar-refractivity contribution >= 4 is 21.8 Å². The van der Waals surface area contributed by atoms with Crippen molar-refractivity contribution in [3.8, 4) is 11.4 Å². The van der Waals surface area contributed by atoms with Gasteiger partial charge in [-0.3, -0.25) is 4.79 Å². The largest absolute Gasteiger partial charge is 0.337 e. The molecule has 0 spiro atoms. The molecule has 0 saturated heterocycles. The van der Waals surface area contributed by atoms with Gasteiger partial charge in [-0.05, 0) is 59.9 Å². The maximum atomic E-state index is 12.8. The average molecular weight is 426 g/mol. The van der Waals surface area contributed by atoms with E-state index in [1.54, 1.807) is 0 Å². The number of benzene rings is 2. The first-order valence-corrected chi connectivity index (χ1v) is 9.78. The zero-order valence-electron chi connectivity index (χ0n) is 15.0. The van der Waals surface area contributed by atoms with E-state index in [1.807, 2.05) is 42.3 Å². The molecule has 1 atom stereocenters. The third kappa shape index (κ3) is 3.78. The van der Waals surface area contributed by atoms with Gasteiger partial charge in [0.05, 0.1) is 6.04 Å². The minimum Gasteiger partial charge on any atom is -0.337 e. The Bertz CT molecular complexity index is 953. The number of tetrazole rings is 1. The fraction of sp³-hybridized carbons (Fsp3) is 0.300. The first-order chi connectivity index (χ1) is 13.1. The monoisotopic (exact) mass is 425 g/mol. The van der Waals surface area contributed by atoms with E-state index in [0.29, 0.717) is 5.82 Å². The third-order valence-electron chi connectivity index (χ3n) is 5.03. The SMILES string of the molecule is CN(C(=O)Cn1nnc(-c2ccc(Br)cc2)n1)C1CCCc2ccccc21. The number of halogens is 1. The van der Waals surface area contributed by atoms with Gasteiger partial charge >= 0.3 is 0 Å². The van der Waals surface area contributed by atoms with Crippen LogP contribution in [-0.2, 0) is 17.8 Å². The van der Waals surface area contributed by atoms with Crippen molar-refractivity contribution in [1.82, 2.24) is 25.1 Å². The predicted molar refractivity (Wildman–Crippen MR) is 106 cm³/mol. The summed E-state index contributed by atoms with van der Waals surface area (Å²) < 4.78 is 0.989. The molecule has 0 radical (unpaired) electrons.